The molecule has 3 saturated heterocycles. The van der Waals surface area contributed by atoms with E-state index in [9.17, 15) is 4.79 Å². The zero-order chi connectivity index (χ0) is 25.5. The molecule has 3 aliphatic heterocycles. The maximum absolute atomic E-state index is 12.3. The summed E-state index contributed by atoms with van der Waals surface area (Å²) in [5.41, 5.74) is 0.0595. The number of rotatable bonds is 7. The van der Waals surface area contributed by atoms with Crippen LogP contribution in [0.2, 0.25) is 0 Å². The van der Waals surface area contributed by atoms with Gasteiger partial charge in [-0.1, -0.05) is 0 Å². The second-order valence-corrected chi connectivity index (χ2v) is 11.8. The first-order chi connectivity index (χ1) is 17.3. The van der Waals surface area contributed by atoms with Crippen LogP contribution in [-0.2, 0) is 4.74 Å². The van der Waals surface area contributed by atoms with Crippen molar-refractivity contribution in [2.24, 2.45) is 11.8 Å². The van der Waals surface area contributed by atoms with Gasteiger partial charge in [-0.15, -0.1) is 0 Å². The predicted molar refractivity (Wildman–Crippen MR) is 140 cm³/mol. The Bertz CT molecular complexity index is 887. The third-order valence-corrected chi connectivity index (χ3v) is 7.63. The van der Waals surface area contributed by atoms with Crippen molar-refractivity contribution in [3.05, 3.63) is 18.0 Å². The van der Waals surface area contributed by atoms with Gasteiger partial charge in [0.05, 0.1) is 18.0 Å². The Morgan fingerprint density at radius 2 is 1.81 bits per heavy atom. The summed E-state index contributed by atoms with van der Waals surface area (Å²) in [6.45, 7) is 14.3. The quantitative estimate of drug-likeness (QED) is 0.610. The molecule has 0 bridgehead atoms. The molecule has 198 valence electrons. The standard InChI is InChI=1S/C27H43N7O2/c1-27(2,3)36-26(35)34-13-7-22(8-14-34)19-33-10-4-5-21(18-33)6-11-32-12-9-24(20-32)31-25-29-16-23(15-28)17-30-25/h16-17,21-22,24H,4-14,18-20H2,1-3H3,(H,29,30,31). The van der Waals surface area contributed by atoms with E-state index < -0.39 is 5.60 Å². The highest BCUT2D eigenvalue weighted by Gasteiger charge is 2.30. The molecule has 2 atom stereocenters. The fraction of sp³-hybridized carbons (Fsp3) is 0.778. The van der Waals surface area contributed by atoms with E-state index >= 15 is 0 Å². The maximum Gasteiger partial charge on any atom is 0.410 e. The molecule has 1 amide bonds. The number of aromatic nitrogens is 2. The Balaban J connectivity index is 1.13. The minimum atomic E-state index is -0.428. The number of likely N-dealkylation sites (tertiary alicyclic amines) is 3. The zero-order valence-corrected chi connectivity index (χ0v) is 22.3. The van der Waals surface area contributed by atoms with Crippen molar-refractivity contribution >= 4 is 12.0 Å². The van der Waals surface area contributed by atoms with Gasteiger partial charge in [0.1, 0.15) is 11.7 Å². The van der Waals surface area contributed by atoms with Crippen LogP contribution in [0.25, 0.3) is 0 Å². The molecule has 9 nitrogen and oxygen atoms in total. The van der Waals surface area contributed by atoms with E-state index in [2.05, 4.69) is 31.2 Å². The molecule has 3 fully saturated rings. The van der Waals surface area contributed by atoms with E-state index in [0.717, 1.165) is 57.9 Å². The minimum Gasteiger partial charge on any atom is -0.444 e. The summed E-state index contributed by atoms with van der Waals surface area (Å²) >= 11 is 0. The molecule has 2 unspecified atom stereocenters. The van der Waals surface area contributed by atoms with Gasteiger partial charge in [-0.3, -0.25) is 0 Å². The van der Waals surface area contributed by atoms with Crippen LogP contribution in [-0.4, -0.2) is 94.8 Å². The first-order valence-corrected chi connectivity index (χ1v) is 13.7. The van der Waals surface area contributed by atoms with Gasteiger partial charge in [-0.25, -0.2) is 14.8 Å². The fourth-order valence-electron chi connectivity index (χ4n) is 5.70. The summed E-state index contributed by atoms with van der Waals surface area (Å²) in [6.07, 6.45) is 10.1. The van der Waals surface area contributed by atoms with Gasteiger partial charge in [-0.05, 0) is 84.2 Å². The number of nitriles is 1. The maximum atomic E-state index is 12.3. The Morgan fingerprint density at radius 1 is 1.06 bits per heavy atom. The lowest BCUT2D eigenvalue weighted by atomic mass is 9.91. The van der Waals surface area contributed by atoms with Crippen LogP contribution < -0.4 is 5.32 Å². The van der Waals surface area contributed by atoms with Crippen LogP contribution in [0.1, 0.15) is 64.9 Å². The lowest BCUT2D eigenvalue weighted by Gasteiger charge is -2.38. The van der Waals surface area contributed by atoms with Crippen molar-refractivity contribution in [1.29, 1.82) is 5.26 Å². The van der Waals surface area contributed by atoms with Crippen molar-refractivity contribution in [2.75, 3.05) is 57.7 Å². The molecular formula is C27H43N7O2. The van der Waals surface area contributed by atoms with Crippen LogP contribution >= 0.6 is 0 Å². The molecule has 4 heterocycles. The molecule has 0 saturated carbocycles. The topological polar surface area (TPSA) is 97.6 Å². The Hall–Kier alpha value is -2.44. The van der Waals surface area contributed by atoms with Crippen LogP contribution in [0.15, 0.2) is 12.4 Å². The first kappa shape index (κ1) is 26.6. The molecule has 1 aromatic rings. The summed E-state index contributed by atoms with van der Waals surface area (Å²) in [5.74, 6) is 2.06. The Morgan fingerprint density at radius 3 is 2.50 bits per heavy atom. The van der Waals surface area contributed by atoms with Gasteiger partial charge in [-0.2, -0.15) is 5.26 Å². The third kappa shape index (κ3) is 8.04. The van der Waals surface area contributed by atoms with Crippen LogP contribution in [0.5, 0.6) is 0 Å². The molecule has 0 aliphatic carbocycles. The molecule has 4 rings (SSSR count). The summed E-state index contributed by atoms with van der Waals surface area (Å²) in [6, 6.07) is 2.43. The molecule has 1 aromatic heterocycles. The average Bonchev–Trinajstić information content (AvgIpc) is 3.30. The normalized spacial score (nSPS) is 24.4. The Labute approximate surface area is 216 Å². The number of anilines is 1. The summed E-state index contributed by atoms with van der Waals surface area (Å²) in [4.78, 5) is 28.0. The Kier molecular flexibility index (Phi) is 9.02. The summed E-state index contributed by atoms with van der Waals surface area (Å²) < 4.78 is 5.54. The molecular weight excluding hydrogens is 454 g/mol. The van der Waals surface area contributed by atoms with E-state index in [1.807, 2.05) is 25.7 Å². The third-order valence-electron chi connectivity index (χ3n) is 7.63. The zero-order valence-electron chi connectivity index (χ0n) is 22.3. The molecule has 3 aliphatic rings. The summed E-state index contributed by atoms with van der Waals surface area (Å²) in [5, 5.41) is 12.3. The second kappa shape index (κ2) is 12.2. The number of hydrogen-bond acceptors (Lipinski definition) is 8. The van der Waals surface area contributed by atoms with Crippen molar-refractivity contribution in [3.63, 3.8) is 0 Å². The van der Waals surface area contributed by atoms with Crippen LogP contribution in [0.4, 0.5) is 10.7 Å². The largest absolute Gasteiger partial charge is 0.444 e. The van der Waals surface area contributed by atoms with Gasteiger partial charge in [0.15, 0.2) is 0 Å². The SMILES string of the molecule is CC(C)(C)OC(=O)N1CCC(CN2CCCC(CCN3CCC(Nc4ncc(C#N)cn4)C3)C2)CC1. The lowest BCUT2D eigenvalue weighted by Crippen LogP contribution is -2.45. The van der Waals surface area contributed by atoms with E-state index in [-0.39, 0.29) is 6.09 Å². The van der Waals surface area contributed by atoms with E-state index in [1.165, 1.54) is 38.9 Å². The highest BCUT2D eigenvalue weighted by Crippen LogP contribution is 2.26. The lowest BCUT2D eigenvalue weighted by molar-refractivity contribution is 0.0161. The second-order valence-electron chi connectivity index (χ2n) is 11.8. The molecule has 0 spiro atoms. The number of ether oxygens (including phenoxy) is 1. The number of carbonyl (C=O) groups excluding carboxylic acids is 1. The van der Waals surface area contributed by atoms with Crippen molar-refractivity contribution < 1.29 is 9.53 Å². The smallest absolute Gasteiger partial charge is 0.410 e. The highest BCUT2D eigenvalue weighted by molar-refractivity contribution is 5.68. The van der Waals surface area contributed by atoms with Crippen LogP contribution in [0.3, 0.4) is 0 Å². The predicted octanol–water partition coefficient (Wildman–Crippen LogP) is 3.58. The van der Waals surface area contributed by atoms with Crippen LogP contribution in [0, 0.1) is 23.2 Å². The monoisotopic (exact) mass is 497 g/mol. The average molecular weight is 498 g/mol. The fourth-order valence-corrected chi connectivity index (χ4v) is 5.70. The number of nitrogens with zero attached hydrogens (tertiary/aromatic N) is 6. The van der Waals surface area contributed by atoms with Crippen molar-refractivity contribution in [1.82, 2.24) is 24.7 Å². The summed E-state index contributed by atoms with van der Waals surface area (Å²) in [7, 11) is 0. The van der Waals surface area contributed by atoms with Gasteiger partial charge in [0.2, 0.25) is 5.95 Å². The highest BCUT2D eigenvalue weighted by atomic mass is 16.6. The number of carbonyl (C=O) groups is 1. The van der Waals surface area contributed by atoms with E-state index in [0.29, 0.717) is 23.5 Å². The van der Waals surface area contributed by atoms with Crippen molar-refractivity contribution in [3.8, 4) is 6.07 Å². The number of hydrogen-bond donors (Lipinski definition) is 1. The molecule has 0 aromatic carbocycles. The number of amides is 1. The van der Waals surface area contributed by atoms with Gasteiger partial charge in [0, 0.05) is 45.3 Å². The molecule has 1 N–H and O–H groups in total. The first-order valence-electron chi connectivity index (χ1n) is 13.7. The van der Waals surface area contributed by atoms with E-state index in [1.54, 1.807) is 12.4 Å². The molecule has 36 heavy (non-hydrogen) atoms. The van der Waals surface area contributed by atoms with Crippen molar-refractivity contribution in [2.45, 2.75) is 70.9 Å². The molecule has 9 heteroatoms. The molecule has 0 radical (unpaired) electrons. The number of nitrogens with one attached hydrogen (secondary N) is 1. The van der Waals surface area contributed by atoms with Gasteiger partial charge >= 0.3 is 6.09 Å². The van der Waals surface area contributed by atoms with Gasteiger partial charge in [0.25, 0.3) is 0 Å². The van der Waals surface area contributed by atoms with Gasteiger partial charge < -0.3 is 24.8 Å². The number of piperidine rings is 2. The minimum absolute atomic E-state index is 0.164. The van der Waals surface area contributed by atoms with E-state index in [4.69, 9.17) is 10.00 Å².